The number of azo groups is 2. The van der Waals surface area contributed by atoms with E-state index in [0.29, 0.717) is 11.5 Å². The van der Waals surface area contributed by atoms with Crippen molar-refractivity contribution in [3.8, 4) is 28.4 Å². The van der Waals surface area contributed by atoms with E-state index in [4.69, 9.17) is 4.74 Å². The van der Waals surface area contributed by atoms with Gasteiger partial charge in [-0.25, -0.2) is 0 Å². The Kier molecular flexibility index (Phi) is 6.71. The molecule has 1 aliphatic heterocycles. The van der Waals surface area contributed by atoms with E-state index in [1.165, 1.54) is 11.1 Å². The number of aryl methyl sites for hydroxylation is 2. The van der Waals surface area contributed by atoms with Crippen LogP contribution in [0.5, 0.6) is 11.5 Å². The first-order chi connectivity index (χ1) is 15.6. The average Bonchev–Trinajstić information content (AvgIpc) is 3.44. The molecule has 2 heterocycles. The molecule has 3 aromatic carbocycles. The Bertz CT molecular complexity index is 1340. The molecule has 4 aromatic rings. The molecule has 166 valence electrons. The molecular weight excluding hydrogens is 591 g/mol. The van der Waals surface area contributed by atoms with Gasteiger partial charge in [-0.2, -0.15) is 6.07 Å². The monoisotopic (exact) mass is 614 g/mol. The van der Waals surface area contributed by atoms with Gasteiger partial charge >= 0.3 is 21.1 Å². The third-order valence-corrected chi connectivity index (χ3v) is 5.49. The van der Waals surface area contributed by atoms with Crippen molar-refractivity contribution in [3.05, 3.63) is 103 Å². The fraction of sp³-hybridized carbons (Fsp3) is 0.148. The predicted octanol–water partition coefficient (Wildman–Crippen LogP) is 6.56. The number of hydrogen-bond donors (Lipinski definition) is 0. The SMILES string of the molecule is Cc1cccc(C)c1-n1cnc(-c2[c-]c(Oc3[c-]c([N+]4=NC=CC4C)ccc3)ccc2)c1.[Pt+2]. The van der Waals surface area contributed by atoms with Crippen LogP contribution in [0, 0.1) is 26.0 Å². The van der Waals surface area contributed by atoms with Crippen LogP contribution < -0.4 is 4.74 Å². The molecule has 0 spiro atoms. The minimum atomic E-state index is 0. The van der Waals surface area contributed by atoms with E-state index in [2.05, 4.69) is 65.8 Å². The summed E-state index contributed by atoms with van der Waals surface area (Å²) >= 11 is 0. The van der Waals surface area contributed by atoms with Crippen molar-refractivity contribution in [2.75, 3.05) is 0 Å². The van der Waals surface area contributed by atoms with Crippen LogP contribution in [0.15, 0.2) is 84.5 Å². The van der Waals surface area contributed by atoms with Crippen LogP contribution in [0.2, 0.25) is 0 Å². The summed E-state index contributed by atoms with van der Waals surface area (Å²) in [6, 6.07) is 24.7. The van der Waals surface area contributed by atoms with Gasteiger partial charge in [0.2, 0.25) is 0 Å². The second-order valence-corrected chi connectivity index (χ2v) is 7.88. The van der Waals surface area contributed by atoms with Crippen molar-refractivity contribution in [3.63, 3.8) is 0 Å². The summed E-state index contributed by atoms with van der Waals surface area (Å²) in [6.07, 6.45) is 7.72. The van der Waals surface area contributed by atoms with Gasteiger partial charge in [-0.3, -0.25) is 4.98 Å². The van der Waals surface area contributed by atoms with E-state index in [1.807, 2.05) is 59.7 Å². The Morgan fingerprint density at radius 1 is 0.939 bits per heavy atom. The molecule has 0 aliphatic carbocycles. The van der Waals surface area contributed by atoms with Gasteiger partial charge in [0.15, 0.2) is 6.04 Å². The summed E-state index contributed by atoms with van der Waals surface area (Å²) in [7, 11) is 0. The van der Waals surface area contributed by atoms with Crippen LogP contribution in [0.4, 0.5) is 5.69 Å². The number of imidazole rings is 1. The van der Waals surface area contributed by atoms with Crippen LogP contribution in [0.1, 0.15) is 18.1 Å². The molecule has 0 saturated carbocycles. The van der Waals surface area contributed by atoms with E-state index in [-0.39, 0.29) is 27.1 Å². The quantitative estimate of drug-likeness (QED) is 0.189. The van der Waals surface area contributed by atoms with Gasteiger partial charge in [-0.1, -0.05) is 36.4 Å². The summed E-state index contributed by atoms with van der Waals surface area (Å²) < 4.78 is 10.0. The number of hydrogen-bond acceptors (Lipinski definition) is 3. The molecular formula is C27H23N4OPt+. The third-order valence-electron chi connectivity index (χ3n) is 5.49. The van der Waals surface area contributed by atoms with Gasteiger partial charge in [0.05, 0.1) is 18.2 Å². The first-order valence-corrected chi connectivity index (χ1v) is 10.6. The number of rotatable bonds is 5. The molecule has 1 aliphatic rings. The van der Waals surface area contributed by atoms with Gasteiger partial charge in [-0.05, 0) is 36.3 Å². The van der Waals surface area contributed by atoms with Gasteiger partial charge in [0.25, 0.3) is 0 Å². The number of ether oxygens (including phenoxy) is 1. The van der Waals surface area contributed by atoms with Crippen LogP contribution in [-0.4, -0.2) is 20.3 Å². The van der Waals surface area contributed by atoms with Crippen LogP contribution in [-0.2, 0) is 21.1 Å². The average molecular weight is 615 g/mol. The third kappa shape index (κ3) is 4.74. The van der Waals surface area contributed by atoms with Gasteiger partial charge < -0.3 is 9.30 Å². The van der Waals surface area contributed by atoms with Gasteiger partial charge in [0.1, 0.15) is 5.69 Å². The van der Waals surface area contributed by atoms with Crippen molar-refractivity contribution >= 4 is 5.69 Å². The van der Waals surface area contributed by atoms with E-state index >= 15 is 0 Å². The first kappa shape index (κ1) is 22.9. The maximum absolute atomic E-state index is 6.07. The fourth-order valence-corrected chi connectivity index (χ4v) is 3.90. The van der Waals surface area contributed by atoms with Crippen molar-refractivity contribution in [1.82, 2.24) is 9.55 Å². The summed E-state index contributed by atoms with van der Waals surface area (Å²) in [5.74, 6) is 1.23. The summed E-state index contributed by atoms with van der Waals surface area (Å²) in [6.45, 7) is 6.31. The molecule has 0 saturated heterocycles. The second kappa shape index (κ2) is 9.68. The number of aromatic nitrogens is 2. The maximum atomic E-state index is 6.07. The van der Waals surface area contributed by atoms with E-state index in [0.717, 1.165) is 22.6 Å². The Hall–Kier alpha value is -3.30. The number of nitrogens with zero attached hydrogens (tertiary/aromatic N) is 4. The molecule has 0 radical (unpaired) electrons. The van der Waals surface area contributed by atoms with Crippen molar-refractivity contribution in [2.45, 2.75) is 26.8 Å². The molecule has 1 aromatic heterocycles. The molecule has 33 heavy (non-hydrogen) atoms. The van der Waals surface area contributed by atoms with Crippen LogP contribution in [0.25, 0.3) is 16.9 Å². The zero-order valence-electron chi connectivity index (χ0n) is 18.6. The van der Waals surface area contributed by atoms with Crippen LogP contribution in [0.3, 0.4) is 0 Å². The van der Waals surface area contributed by atoms with Crippen LogP contribution >= 0.6 is 0 Å². The van der Waals surface area contributed by atoms with Gasteiger partial charge in [-0.15, -0.1) is 34.5 Å². The zero-order valence-corrected chi connectivity index (χ0v) is 20.9. The van der Waals surface area contributed by atoms with E-state index < -0.39 is 0 Å². The van der Waals surface area contributed by atoms with Crippen molar-refractivity contribution in [1.29, 1.82) is 0 Å². The summed E-state index contributed by atoms with van der Waals surface area (Å²) in [5, 5.41) is 4.38. The molecule has 5 nitrogen and oxygen atoms in total. The smallest absolute Gasteiger partial charge is 0.503 e. The molecule has 0 bridgehead atoms. The second-order valence-electron chi connectivity index (χ2n) is 7.88. The minimum absolute atomic E-state index is 0. The Labute approximate surface area is 208 Å². The van der Waals surface area contributed by atoms with E-state index in [1.54, 1.807) is 6.20 Å². The summed E-state index contributed by atoms with van der Waals surface area (Å²) in [4.78, 5) is 4.61. The Morgan fingerprint density at radius 2 is 1.64 bits per heavy atom. The molecule has 1 atom stereocenters. The largest absolute Gasteiger partial charge is 2.00 e. The zero-order chi connectivity index (χ0) is 22.1. The standard InChI is InChI=1S/C27H23N4O.Pt/c1-19-7-4-8-20(2)27(19)30-17-26(28-18-30)22-9-5-11-24(15-22)32-25-12-6-10-23(16-25)31-21(3)13-14-29-31;/h4-14,17-18,21H,1-3H3;/q-1;+2. The predicted molar refractivity (Wildman–Crippen MR) is 124 cm³/mol. The fourth-order valence-electron chi connectivity index (χ4n) is 3.90. The molecule has 6 heteroatoms. The molecule has 0 fully saturated rings. The van der Waals surface area contributed by atoms with Crippen molar-refractivity contribution < 1.29 is 30.5 Å². The molecule has 5 rings (SSSR count). The van der Waals surface area contributed by atoms with Gasteiger partial charge in [0, 0.05) is 30.2 Å². The van der Waals surface area contributed by atoms with Crippen molar-refractivity contribution in [2.24, 2.45) is 5.11 Å². The normalized spacial score (nSPS) is 14.6. The Balaban J connectivity index is 0.00000259. The van der Waals surface area contributed by atoms with E-state index in [9.17, 15) is 0 Å². The molecule has 1 unspecified atom stereocenters. The minimum Gasteiger partial charge on any atom is -0.503 e. The Morgan fingerprint density at radius 3 is 2.36 bits per heavy atom. The maximum Gasteiger partial charge on any atom is 2.00 e. The summed E-state index contributed by atoms with van der Waals surface area (Å²) in [5.41, 5.74) is 6.14. The number of para-hydroxylation sites is 1. The molecule has 0 amide bonds. The first-order valence-electron chi connectivity index (χ1n) is 10.6. The molecule has 0 N–H and O–H groups in total. The number of benzene rings is 3. The topological polar surface area (TPSA) is 42.4 Å².